The molecule has 0 spiro atoms. The SMILES string of the molecule is CC#CCC(CC(C)OC)NC. The van der Waals surface area contributed by atoms with Crippen LogP contribution in [-0.4, -0.2) is 26.3 Å². The molecule has 0 fully saturated rings. The van der Waals surface area contributed by atoms with Crippen molar-refractivity contribution in [2.24, 2.45) is 0 Å². The fourth-order valence-corrected chi connectivity index (χ4v) is 1.03. The van der Waals surface area contributed by atoms with Crippen LogP contribution in [0.3, 0.4) is 0 Å². The van der Waals surface area contributed by atoms with Crippen LogP contribution in [0.1, 0.15) is 26.7 Å². The number of hydrogen-bond donors (Lipinski definition) is 1. The summed E-state index contributed by atoms with van der Waals surface area (Å²) in [6.45, 7) is 3.94. The smallest absolute Gasteiger partial charge is 0.0558 e. The third kappa shape index (κ3) is 5.17. The Balaban J connectivity index is 3.71. The van der Waals surface area contributed by atoms with Crippen LogP contribution < -0.4 is 5.32 Å². The predicted molar refractivity (Wildman–Crippen MR) is 52.0 cm³/mol. The molecule has 0 rings (SSSR count). The standard InChI is InChI=1S/C10H19NO/c1-5-6-7-10(11-3)8-9(2)12-4/h9-11H,7-8H2,1-4H3. The van der Waals surface area contributed by atoms with E-state index >= 15 is 0 Å². The monoisotopic (exact) mass is 169 g/mol. The summed E-state index contributed by atoms with van der Waals surface area (Å²) in [5, 5.41) is 3.22. The van der Waals surface area contributed by atoms with Gasteiger partial charge in [-0.25, -0.2) is 0 Å². The van der Waals surface area contributed by atoms with Crippen molar-refractivity contribution >= 4 is 0 Å². The molecule has 0 aliphatic carbocycles. The molecule has 2 nitrogen and oxygen atoms in total. The van der Waals surface area contributed by atoms with Crippen LogP contribution in [0.2, 0.25) is 0 Å². The van der Waals surface area contributed by atoms with E-state index in [9.17, 15) is 0 Å². The molecule has 2 unspecified atom stereocenters. The molecule has 0 radical (unpaired) electrons. The van der Waals surface area contributed by atoms with Gasteiger partial charge in [0.2, 0.25) is 0 Å². The molecular formula is C10H19NO. The van der Waals surface area contributed by atoms with E-state index in [0.717, 1.165) is 12.8 Å². The van der Waals surface area contributed by atoms with E-state index in [-0.39, 0.29) is 0 Å². The lowest BCUT2D eigenvalue weighted by Crippen LogP contribution is -2.29. The van der Waals surface area contributed by atoms with E-state index in [1.165, 1.54) is 0 Å². The van der Waals surface area contributed by atoms with E-state index in [2.05, 4.69) is 24.1 Å². The zero-order valence-electron chi connectivity index (χ0n) is 8.48. The average molecular weight is 169 g/mol. The topological polar surface area (TPSA) is 21.3 Å². The lowest BCUT2D eigenvalue weighted by atomic mass is 10.1. The molecule has 2 heteroatoms. The summed E-state index contributed by atoms with van der Waals surface area (Å²) in [5.74, 6) is 5.95. The van der Waals surface area contributed by atoms with Crippen molar-refractivity contribution in [3.63, 3.8) is 0 Å². The quantitative estimate of drug-likeness (QED) is 0.628. The summed E-state index contributed by atoms with van der Waals surface area (Å²) in [6, 6.07) is 0.451. The molecule has 0 saturated heterocycles. The molecule has 0 aliphatic rings. The molecule has 0 heterocycles. The number of ether oxygens (including phenoxy) is 1. The van der Waals surface area contributed by atoms with Gasteiger partial charge in [-0.05, 0) is 27.3 Å². The van der Waals surface area contributed by atoms with E-state index in [0.29, 0.717) is 12.1 Å². The highest BCUT2D eigenvalue weighted by atomic mass is 16.5. The van der Waals surface area contributed by atoms with Gasteiger partial charge in [-0.15, -0.1) is 11.8 Å². The minimum absolute atomic E-state index is 0.307. The number of methoxy groups -OCH3 is 1. The first-order chi connectivity index (χ1) is 5.74. The van der Waals surface area contributed by atoms with E-state index in [4.69, 9.17) is 4.74 Å². The van der Waals surface area contributed by atoms with E-state index in [1.54, 1.807) is 7.11 Å². The minimum atomic E-state index is 0.307. The number of rotatable bonds is 5. The average Bonchev–Trinajstić information content (AvgIpc) is 2.11. The first-order valence-electron chi connectivity index (χ1n) is 4.34. The summed E-state index contributed by atoms with van der Waals surface area (Å²) in [7, 11) is 3.70. The molecule has 0 amide bonds. The van der Waals surface area contributed by atoms with Gasteiger partial charge in [-0.1, -0.05) is 0 Å². The maximum absolute atomic E-state index is 5.17. The third-order valence-corrected chi connectivity index (χ3v) is 1.95. The molecule has 1 N–H and O–H groups in total. The second-order valence-corrected chi connectivity index (χ2v) is 2.90. The lowest BCUT2D eigenvalue weighted by Gasteiger charge is -2.17. The van der Waals surface area contributed by atoms with Crippen LogP contribution in [0.5, 0.6) is 0 Å². The van der Waals surface area contributed by atoms with Gasteiger partial charge in [0, 0.05) is 19.6 Å². The summed E-state index contributed by atoms with van der Waals surface area (Å²) >= 11 is 0. The molecule has 70 valence electrons. The normalized spacial score (nSPS) is 14.7. The maximum Gasteiger partial charge on any atom is 0.0558 e. The van der Waals surface area contributed by atoms with Crippen molar-refractivity contribution in [3.05, 3.63) is 0 Å². The molecule has 0 aromatic heterocycles. The molecule has 0 aromatic rings. The molecule has 0 bridgehead atoms. The van der Waals surface area contributed by atoms with Crippen molar-refractivity contribution in [2.45, 2.75) is 38.8 Å². The highest BCUT2D eigenvalue weighted by Crippen LogP contribution is 2.03. The van der Waals surface area contributed by atoms with Crippen molar-refractivity contribution in [1.29, 1.82) is 0 Å². The van der Waals surface area contributed by atoms with Gasteiger partial charge in [0.05, 0.1) is 6.10 Å². The number of nitrogens with one attached hydrogen (secondary N) is 1. The maximum atomic E-state index is 5.17. The largest absolute Gasteiger partial charge is 0.382 e. The fourth-order valence-electron chi connectivity index (χ4n) is 1.03. The van der Waals surface area contributed by atoms with Crippen LogP contribution in [0, 0.1) is 11.8 Å². The molecule has 2 atom stereocenters. The van der Waals surface area contributed by atoms with Crippen LogP contribution in [0.4, 0.5) is 0 Å². The Morgan fingerprint density at radius 1 is 1.50 bits per heavy atom. The van der Waals surface area contributed by atoms with E-state index in [1.807, 2.05) is 14.0 Å². The Morgan fingerprint density at radius 3 is 2.58 bits per heavy atom. The van der Waals surface area contributed by atoms with Gasteiger partial charge in [-0.2, -0.15) is 0 Å². The Labute approximate surface area is 75.7 Å². The Kier molecular flexibility index (Phi) is 6.84. The first-order valence-corrected chi connectivity index (χ1v) is 4.34. The fraction of sp³-hybridized carbons (Fsp3) is 0.800. The lowest BCUT2D eigenvalue weighted by molar-refractivity contribution is 0.102. The van der Waals surface area contributed by atoms with Crippen LogP contribution in [0.25, 0.3) is 0 Å². The third-order valence-electron chi connectivity index (χ3n) is 1.95. The van der Waals surface area contributed by atoms with E-state index < -0.39 is 0 Å². The van der Waals surface area contributed by atoms with Gasteiger partial charge in [0.25, 0.3) is 0 Å². The molecule has 0 aromatic carbocycles. The summed E-state index contributed by atoms with van der Waals surface area (Å²) in [6.07, 6.45) is 2.23. The second kappa shape index (κ2) is 7.15. The van der Waals surface area contributed by atoms with Crippen LogP contribution in [-0.2, 0) is 4.74 Å². The number of hydrogen-bond acceptors (Lipinski definition) is 2. The van der Waals surface area contributed by atoms with Gasteiger partial charge in [0.15, 0.2) is 0 Å². The van der Waals surface area contributed by atoms with Crippen molar-refractivity contribution < 1.29 is 4.74 Å². The Bertz CT molecular complexity index is 157. The second-order valence-electron chi connectivity index (χ2n) is 2.90. The Hall–Kier alpha value is -0.520. The molecule has 0 aliphatic heterocycles. The van der Waals surface area contributed by atoms with Gasteiger partial charge in [0.1, 0.15) is 0 Å². The van der Waals surface area contributed by atoms with Crippen LogP contribution in [0.15, 0.2) is 0 Å². The van der Waals surface area contributed by atoms with Gasteiger partial charge >= 0.3 is 0 Å². The van der Waals surface area contributed by atoms with Crippen molar-refractivity contribution in [1.82, 2.24) is 5.32 Å². The van der Waals surface area contributed by atoms with Gasteiger partial charge in [-0.3, -0.25) is 0 Å². The van der Waals surface area contributed by atoms with Crippen molar-refractivity contribution in [2.75, 3.05) is 14.2 Å². The first kappa shape index (κ1) is 11.5. The molecular weight excluding hydrogens is 150 g/mol. The highest BCUT2D eigenvalue weighted by molar-refractivity contribution is 4.98. The minimum Gasteiger partial charge on any atom is -0.382 e. The van der Waals surface area contributed by atoms with Gasteiger partial charge < -0.3 is 10.1 Å². The summed E-state index contributed by atoms with van der Waals surface area (Å²) in [5.41, 5.74) is 0. The highest BCUT2D eigenvalue weighted by Gasteiger charge is 2.08. The zero-order chi connectivity index (χ0) is 9.40. The predicted octanol–water partition coefficient (Wildman–Crippen LogP) is 1.41. The zero-order valence-corrected chi connectivity index (χ0v) is 8.48. The Morgan fingerprint density at radius 2 is 2.17 bits per heavy atom. The molecule has 0 saturated carbocycles. The van der Waals surface area contributed by atoms with Crippen LogP contribution >= 0.6 is 0 Å². The molecule has 12 heavy (non-hydrogen) atoms. The summed E-state index contributed by atoms with van der Waals surface area (Å²) < 4.78 is 5.17. The summed E-state index contributed by atoms with van der Waals surface area (Å²) in [4.78, 5) is 0. The van der Waals surface area contributed by atoms with Crippen molar-refractivity contribution in [3.8, 4) is 11.8 Å².